The molecule has 0 aromatic carbocycles. The molecular formula is C15H21N3O. The molecule has 4 heteroatoms. The summed E-state index contributed by atoms with van der Waals surface area (Å²) in [5, 5.41) is 22.8. The molecule has 4 nitrogen and oxygen atoms in total. The average Bonchev–Trinajstić information content (AvgIpc) is 2.62. The third-order valence-corrected chi connectivity index (χ3v) is 3.77. The molecule has 0 amide bonds. The van der Waals surface area contributed by atoms with Crippen LogP contribution in [0.3, 0.4) is 0 Å². The van der Waals surface area contributed by atoms with E-state index >= 15 is 0 Å². The molecule has 102 valence electrons. The van der Waals surface area contributed by atoms with Crippen molar-refractivity contribution in [3.8, 4) is 6.07 Å². The predicted molar refractivity (Wildman–Crippen MR) is 74.8 cm³/mol. The summed E-state index contributed by atoms with van der Waals surface area (Å²) in [4.78, 5) is 4.34. The molecule has 0 saturated heterocycles. The monoisotopic (exact) mass is 259 g/mol. The minimum absolute atomic E-state index is 0.470. The van der Waals surface area contributed by atoms with E-state index in [0.29, 0.717) is 17.9 Å². The van der Waals surface area contributed by atoms with Gasteiger partial charge in [-0.3, -0.25) is 0 Å². The Kier molecular flexibility index (Phi) is 4.39. The van der Waals surface area contributed by atoms with E-state index in [1.165, 1.54) is 12.8 Å². The quantitative estimate of drug-likeness (QED) is 0.819. The SMILES string of the molecule is Cc1ccc(C#N)c(NCC2(O)CCCCCC2)n1. The molecule has 0 spiro atoms. The van der Waals surface area contributed by atoms with Crippen molar-refractivity contribution in [1.29, 1.82) is 5.26 Å². The molecule has 2 N–H and O–H groups in total. The molecule has 0 aliphatic heterocycles. The van der Waals surface area contributed by atoms with E-state index in [9.17, 15) is 5.11 Å². The Hall–Kier alpha value is -1.60. The number of aliphatic hydroxyl groups is 1. The smallest absolute Gasteiger partial charge is 0.144 e. The van der Waals surface area contributed by atoms with Crippen molar-refractivity contribution in [1.82, 2.24) is 4.98 Å². The Bertz CT molecular complexity index is 471. The van der Waals surface area contributed by atoms with Crippen LogP contribution in [0.15, 0.2) is 12.1 Å². The maximum Gasteiger partial charge on any atom is 0.144 e. The fourth-order valence-corrected chi connectivity index (χ4v) is 2.59. The van der Waals surface area contributed by atoms with Gasteiger partial charge in [0.25, 0.3) is 0 Å². The second-order valence-electron chi connectivity index (χ2n) is 5.45. The summed E-state index contributed by atoms with van der Waals surface area (Å²) in [5.74, 6) is 0.583. The molecule has 1 aliphatic rings. The number of aromatic nitrogens is 1. The van der Waals surface area contributed by atoms with Gasteiger partial charge in [0.05, 0.1) is 11.2 Å². The standard InChI is InChI=1S/C15H21N3O/c1-12-6-7-13(10-16)14(18-12)17-11-15(19)8-4-2-3-5-9-15/h6-7,19H,2-5,8-9,11H2,1H3,(H,17,18). The predicted octanol–water partition coefficient (Wildman–Crippen LogP) is 2.76. The summed E-state index contributed by atoms with van der Waals surface area (Å²) >= 11 is 0. The molecule has 1 aromatic rings. The topological polar surface area (TPSA) is 68.9 Å². The van der Waals surface area contributed by atoms with Crippen LogP contribution in [0.2, 0.25) is 0 Å². The van der Waals surface area contributed by atoms with Gasteiger partial charge in [-0.1, -0.05) is 25.7 Å². The van der Waals surface area contributed by atoms with E-state index < -0.39 is 5.60 Å². The summed E-state index contributed by atoms with van der Waals surface area (Å²) < 4.78 is 0. The minimum Gasteiger partial charge on any atom is -0.388 e. The van der Waals surface area contributed by atoms with Crippen molar-refractivity contribution < 1.29 is 5.11 Å². The molecule has 1 saturated carbocycles. The first kappa shape index (κ1) is 13.8. The van der Waals surface area contributed by atoms with E-state index in [1.54, 1.807) is 6.07 Å². The van der Waals surface area contributed by atoms with Crippen molar-refractivity contribution in [3.63, 3.8) is 0 Å². The summed E-state index contributed by atoms with van der Waals surface area (Å²) in [6.07, 6.45) is 6.21. The number of aryl methyl sites for hydroxylation is 1. The van der Waals surface area contributed by atoms with Gasteiger partial charge in [-0.25, -0.2) is 4.98 Å². The highest BCUT2D eigenvalue weighted by atomic mass is 16.3. The number of hydrogen-bond donors (Lipinski definition) is 2. The van der Waals surface area contributed by atoms with Crippen molar-refractivity contribution in [2.75, 3.05) is 11.9 Å². The van der Waals surface area contributed by atoms with Gasteiger partial charge in [0.2, 0.25) is 0 Å². The Labute approximate surface area is 114 Å². The lowest BCUT2D eigenvalue weighted by Crippen LogP contribution is -2.36. The van der Waals surface area contributed by atoms with Crippen LogP contribution in [-0.4, -0.2) is 22.2 Å². The second kappa shape index (κ2) is 6.03. The maximum absolute atomic E-state index is 10.6. The van der Waals surface area contributed by atoms with Crippen LogP contribution in [0.4, 0.5) is 5.82 Å². The molecular weight excluding hydrogens is 238 g/mol. The molecule has 1 heterocycles. The number of rotatable bonds is 3. The highest BCUT2D eigenvalue weighted by molar-refractivity contribution is 5.52. The number of anilines is 1. The highest BCUT2D eigenvalue weighted by Gasteiger charge is 2.28. The van der Waals surface area contributed by atoms with E-state index in [-0.39, 0.29) is 0 Å². The Morgan fingerprint density at radius 1 is 1.32 bits per heavy atom. The van der Waals surface area contributed by atoms with Crippen LogP contribution >= 0.6 is 0 Å². The average molecular weight is 259 g/mol. The number of hydrogen-bond acceptors (Lipinski definition) is 4. The van der Waals surface area contributed by atoms with Gasteiger partial charge in [0.1, 0.15) is 11.9 Å². The van der Waals surface area contributed by atoms with Gasteiger partial charge in [-0.05, 0) is 31.9 Å². The van der Waals surface area contributed by atoms with Gasteiger partial charge >= 0.3 is 0 Å². The second-order valence-corrected chi connectivity index (χ2v) is 5.45. The molecule has 1 fully saturated rings. The molecule has 19 heavy (non-hydrogen) atoms. The number of pyridine rings is 1. The maximum atomic E-state index is 10.6. The van der Waals surface area contributed by atoms with Gasteiger partial charge in [0.15, 0.2) is 0 Å². The highest BCUT2D eigenvalue weighted by Crippen LogP contribution is 2.27. The molecule has 1 aromatic heterocycles. The van der Waals surface area contributed by atoms with Crippen molar-refractivity contribution >= 4 is 5.82 Å². The summed E-state index contributed by atoms with van der Waals surface area (Å²) in [7, 11) is 0. The van der Waals surface area contributed by atoms with Crippen LogP contribution in [0.1, 0.15) is 49.8 Å². The first-order valence-electron chi connectivity index (χ1n) is 6.97. The summed E-state index contributed by atoms with van der Waals surface area (Å²) in [5.41, 5.74) is 0.742. The fraction of sp³-hybridized carbons (Fsp3) is 0.600. The van der Waals surface area contributed by atoms with E-state index in [1.807, 2.05) is 13.0 Å². The molecule has 0 radical (unpaired) electrons. The molecule has 1 aliphatic carbocycles. The fourth-order valence-electron chi connectivity index (χ4n) is 2.59. The van der Waals surface area contributed by atoms with E-state index in [4.69, 9.17) is 5.26 Å². The largest absolute Gasteiger partial charge is 0.388 e. The minimum atomic E-state index is -0.658. The normalized spacial score (nSPS) is 18.4. The number of nitrogens with zero attached hydrogens (tertiary/aromatic N) is 2. The molecule has 0 bridgehead atoms. The molecule has 2 rings (SSSR count). The van der Waals surface area contributed by atoms with Gasteiger partial charge < -0.3 is 10.4 Å². The van der Waals surface area contributed by atoms with E-state index in [0.717, 1.165) is 31.4 Å². The van der Waals surface area contributed by atoms with E-state index in [2.05, 4.69) is 16.4 Å². The first-order valence-corrected chi connectivity index (χ1v) is 6.97. The number of nitrogens with one attached hydrogen (secondary N) is 1. The van der Waals surface area contributed by atoms with Crippen LogP contribution in [-0.2, 0) is 0 Å². The number of nitriles is 1. The Morgan fingerprint density at radius 2 is 2.00 bits per heavy atom. The third-order valence-electron chi connectivity index (χ3n) is 3.77. The zero-order chi connectivity index (χ0) is 13.7. The first-order chi connectivity index (χ1) is 9.13. The zero-order valence-corrected chi connectivity index (χ0v) is 11.4. The van der Waals surface area contributed by atoms with Crippen molar-refractivity contribution in [2.24, 2.45) is 0 Å². The van der Waals surface area contributed by atoms with Crippen molar-refractivity contribution in [2.45, 2.75) is 51.0 Å². The molecule has 0 atom stereocenters. The van der Waals surface area contributed by atoms with Crippen LogP contribution in [0, 0.1) is 18.3 Å². The summed E-state index contributed by atoms with van der Waals surface area (Å²) in [6, 6.07) is 5.72. The lowest BCUT2D eigenvalue weighted by molar-refractivity contribution is 0.0380. The van der Waals surface area contributed by atoms with Gasteiger partial charge in [0, 0.05) is 12.2 Å². The lowest BCUT2D eigenvalue weighted by Gasteiger charge is -2.27. The van der Waals surface area contributed by atoms with Crippen LogP contribution < -0.4 is 5.32 Å². The zero-order valence-electron chi connectivity index (χ0n) is 11.4. The molecule has 0 unspecified atom stereocenters. The lowest BCUT2D eigenvalue weighted by atomic mass is 9.94. The Balaban J connectivity index is 2.05. The summed E-state index contributed by atoms with van der Waals surface area (Å²) in [6.45, 7) is 2.37. The van der Waals surface area contributed by atoms with Crippen LogP contribution in [0.5, 0.6) is 0 Å². The van der Waals surface area contributed by atoms with Gasteiger partial charge in [-0.15, -0.1) is 0 Å². The Morgan fingerprint density at radius 3 is 2.63 bits per heavy atom. The van der Waals surface area contributed by atoms with Gasteiger partial charge in [-0.2, -0.15) is 5.26 Å². The third kappa shape index (κ3) is 3.68. The van der Waals surface area contributed by atoms with Crippen molar-refractivity contribution in [3.05, 3.63) is 23.4 Å². The van der Waals surface area contributed by atoms with Crippen LogP contribution in [0.25, 0.3) is 0 Å².